The predicted octanol–water partition coefficient (Wildman–Crippen LogP) is 0.455. The summed E-state index contributed by atoms with van der Waals surface area (Å²) in [4.78, 5) is 21.2. The Bertz CT molecular complexity index is 385. The van der Waals surface area contributed by atoms with Crippen molar-refractivity contribution in [2.24, 2.45) is 7.05 Å². The highest BCUT2D eigenvalue weighted by molar-refractivity contribution is 7.99. The molecule has 1 heterocycles. The number of thioether (sulfide) groups is 1. The molecule has 15 heavy (non-hydrogen) atoms. The van der Waals surface area contributed by atoms with Gasteiger partial charge in [0, 0.05) is 19.2 Å². The lowest BCUT2D eigenvalue weighted by Crippen LogP contribution is -2.12. The van der Waals surface area contributed by atoms with E-state index in [-0.39, 0.29) is 12.1 Å². The number of nitrogens with zero attached hydrogens (tertiary/aromatic N) is 2. The van der Waals surface area contributed by atoms with Crippen LogP contribution in [0.25, 0.3) is 0 Å². The summed E-state index contributed by atoms with van der Waals surface area (Å²) >= 11 is 1.45. The predicted molar refractivity (Wildman–Crippen MR) is 56.0 cm³/mol. The molecule has 0 atom stereocenters. The van der Waals surface area contributed by atoms with Crippen LogP contribution >= 0.6 is 11.8 Å². The Morgan fingerprint density at radius 1 is 1.60 bits per heavy atom. The molecule has 0 amide bonds. The summed E-state index contributed by atoms with van der Waals surface area (Å²) in [5, 5.41) is 15.2. The third-order valence-corrected chi connectivity index (χ3v) is 2.97. The van der Waals surface area contributed by atoms with Crippen molar-refractivity contribution in [2.75, 3.05) is 5.75 Å². The SMILES string of the molecule is Cn1c(SCCCCC(=O)O)n[nH]c1=O. The van der Waals surface area contributed by atoms with E-state index < -0.39 is 5.97 Å². The lowest BCUT2D eigenvalue weighted by molar-refractivity contribution is -0.137. The van der Waals surface area contributed by atoms with Gasteiger partial charge in [-0.25, -0.2) is 9.89 Å². The Kier molecular flexibility index (Phi) is 4.41. The van der Waals surface area contributed by atoms with Gasteiger partial charge < -0.3 is 5.11 Å². The van der Waals surface area contributed by atoms with Crippen LogP contribution in [0.4, 0.5) is 0 Å². The average Bonchev–Trinajstić information content (AvgIpc) is 2.48. The van der Waals surface area contributed by atoms with Crippen LogP contribution in [0, 0.1) is 0 Å². The molecular weight excluding hydrogens is 218 g/mol. The quantitative estimate of drug-likeness (QED) is 0.548. The molecule has 0 spiro atoms. The maximum atomic E-state index is 11.0. The second-order valence-corrected chi connectivity index (χ2v) is 4.13. The smallest absolute Gasteiger partial charge is 0.343 e. The molecule has 0 aliphatic rings. The molecule has 2 N–H and O–H groups in total. The Labute approximate surface area is 90.7 Å². The monoisotopic (exact) mass is 231 g/mol. The molecule has 0 fully saturated rings. The highest BCUT2D eigenvalue weighted by Crippen LogP contribution is 2.14. The van der Waals surface area contributed by atoms with Crippen LogP contribution in [-0.4, -0.2) is 31.6 Å². The number of hydrogen-bond donors (Lipinski definition) is 2. The van der Waals surface area contributed by atoms with Gasteiger partial charge in [0.05, 0.1) is 0 Å². The standard InChI is InChI=1S/C8H13N3O3S/c1-11-7(14)9-10-8(11)15-5-3-2-4-6(12)13/h2-5H2,1H3,(H,9,14)(H,12,13). The number of hydrogen-bond acceptors (Lipinski definition) is 4. The summed E-state index contributed by atoms with van der Waals surface area (Å²) < 4.78 is 1.43. The molecular formula is C8H13N3O3S. The molecule has 6 nitrogen and oxygen atoms in total. The fourth-order valence-corrected chi connectivity index (χ4v) is 1.92. The summed E-state index contributed by atoms with van der Waals surface area (Å²) in [6.07, 6.45) is 1.65. The van der Waals surface area contributed by atoms with Gasteiger partial charge in [-0.15, -0.1) is 5.10 Å². The fourth-order valence-electron chi connectivity index (χ4n) is 1.00. The molecule has 0 saturated carbocycles. The normalized spacial score (nSPS) is 10.5. The summed E-state index contributed by atoms with van der Waals surface area (Å²) in [6.45, 7) is 0. The van der Waals surface area contributed by atoms with Gasteiger partial charge in [-0.2, -0.15) is 0 Å². The van der Waals surface area contributed by atoms with Gasteiger partial charge in [-0.05, 0) is 12.8 Å². The van der Waals surface area contributed by atoms with Gasteiger partial charge in [0.2, 0.25) is 0 Å². The Morgan fingerprint density at radius 2 is 2.33 bits per heavy atom. The van der Waals surface area contributed by atoms with E-state index >= 15 is 0 Å². The average molecular weight is 231 g/mol. The van der Waals surface area contributed by atoms with Gasteiger partial charge in [0.15, 0.2) is 5.16 Å². The highest BCUT2D eigenvalue weighted by Gasteiger charge is 2.04. The summed E-state index contributed by atoms with van der Waals surface area (Å²) in [6, 6.07) is 0. The minimum Gasteiger partial charge on any atom is -0.481 e. The van der Waals surface area contributed by atoms with Gasteiger partial charge in [0.25, 0.3) is 0 Å². The lowest BCUT2D eigenvalue weighted by atomic mass is 10.3. The Morgan fingerprint density at radius 3 is 2.87 bits per heavy atom. The van der Waals surface area contributed by atoms with Crippen LogP contribution in [0.2, 0.25) is 0 Å². The van der Waals surface area contributed by atoms with Crippen molar-refractivity contribution >= 4 is 17.7 Å². The van der Waals surface area contributed by atoms with Crippen LogP contribution in [-0.2, 0) is 11.8 Å². The van der Waals surface area contributed by atoms with Crippen molar-refractivity contribution in [2.45, 2.75) is 24.4 Å². The molecule has 0 aromatic carbocycles. The van der Waals surface area contributed by atoms with Crippen LogP contribution in [0.5, 0.6) is 0 Å². The van der Waals surface area contributed by atoms with Gasteiger partial charge in [-0.3, -0.25) is 9.36 Å². The third kappa shape index (κ3) is 3.78. The number of aliphatic carboxylic acids is 1. The maximum Gasteiger partial charge on any atom is 0.343 e. The number of carbonyl (C=O) groups is 1. The number of aromatic amines is 1. The van der Waals surface area contributed by atoms with E-state index in [1.165, 1.54) is 16.3 Å². The zero-order valence-electron chi connectivity index (χ0n) is 8.39. The molecule has 1 rings (SSSR count). The number of rotatable bonds is 6. The largest absolute Gasteiger partial charge is 0.481 e. The van der Waals surface area contributed by atoms with Crippen molar-refractivity contribution in [1.29, 1.82) is 0 Å². The van der Waals surface area contributed by atoms with E-state index in [1.807, 2.05) is 0 Å². The second-order valence-electron chi connectivity index (χ2n) is 3.07. The van der Waals surface area contributed by atoms with E-state index in [0.717, 1.165) is 12.2 Å². The molecule has 1 aromatic rings. The molecule has 0 aliphatic carbocycles. The number of carboxylic acid groups (broad SMARTS) is 1. The van der Waals surface area contributed by atoms with Crippen molar-refractivity contribution in [3.05, 3.63) is 10.5 Å². The number of aromatic nitrogens is 3. The molecule has 7 heteroatoms. The second kappa shape index (κ2) is 5.59. The van der Waals surface area contributed by atoms with Crippen LogP contribution in [0.15, 0.2) is 9.95 Å². The number of H-pyrrole nitrogens is 1. The van der Waals surface area contributed by atoms with E-state index in [4.69, 9.17) is 5.11 Å². The molecule has 0 aliphatic heterocycles. The number of carboxylic acids is 1. The molecule has 0 unspecified atom stereocenters. The Balaban J connectivity index is 2.23. The lowest BCUT2D eigenvalue weighted by Gasteiger charge is -1.98. The van der Waals surface area contributed by atoms with E-state index in [1.54, 1.807) is 7.05 Å². The molecule has 1 aromatic heterocycles. The summed E-state index contributed by atoms with van der Waals surface area (Å²) in [5.41, 5.74) is -0.233. The van der Waals surface area contributed by atoms with Gasteiger partial charge >= 0.3 is 11.7 Å². The summed E-state index contributed by atoms with van der Waals surface area (Å²) in [7, 11) is 1.64. The zero-order chi connectivity index (χ0) is 11.3. The number of nitrogens with one attached hydrogen (secondary N) is 1. The minimum absolute atomic E-state index is 0.195. The molecule has 0 bridgehead atoms. The molecule has 0 saturated heterocycles. The first-order chi connectivity index (χ1) is 7.11. The number of unbranched alkanes of at least 4 members (excludes halogenated alkanes) is 1. The van der Waals surface area contributed by atoms with Crippen molar-refractivity contribution in [3.63, 3.8) is 0 Å². The van der Waals surface area contributed by atoms with Crippen LogP contribution in [0.3, 0.4) is 0 Å². The van der Waals surface area contributed by atoms with Crippen molar-refractivity contribution in [1.82, 2.24) is 14.8 Å². The molecule has 84 valence electrons. The summed E-state index contributed by atoms with van der Waals surface area (Å²) in [5.74, 6) is -0.00188. The Hall–Kier alpha value is -1.24. The van der Waals surface area contributed by atoms with Crippen molar-refractivity contribution < 1.29 is 9.90 Å². The fraction of sp³-hybridized carbons (Fsp3) is 0.625. The van der Waals surface area contributed by atoms with Gasteiger partial charge in [0.1, 0.15) is 0 Å². The first kappa shape index (κ1) is 11.8. The third-order valence-electron chi connectivity index (χ3n) is 1.85. The van der Waals surface area contributed by atoms with E-state index in [2.05, 4.69) is 10.2 Å². The highest BCUT2D eigenvalue weighted by atomic mass is 32.2. The first-order valence-electron chi connectivity index (χ1n) is 4.57. The van der Waals surface area contributed by atoms with Crippen LogP contribution in [0.1, 0.15) is 19.3 Å². The van der Waals surface area contributed by atoms with Gasteiger partial charge in [-0.1, -0.05) is 11.8 Å². The van der Waals surface area contributed by atoms with E-state index in [9.17, 15) is 9.59 Å². The van der Waals surface area contributed by atoms with Crippen molar-refractivity contribution in [3.8, 4) is 0 Å². The topological polar surface area (TPSA) is 88.0 Å². The van der Waals surface area contributed by atoms with E-state index in [0.29, 0.717) is 11.6 Å². The first-order valence-corrected chi connectivity index (χ1v) is 5.56. The van der Waals surface area contributed by atoms with Crippen LogP contribution < -0.4 is 5.69 Å². The zero-order valence-corrected chi connectivity index (χ0v) is 9.21. The minimum atomic E-state index is -0.771. The maximum absolute atomic E-state index is 11.0. The molecule has 0 radical (unpaired) electrons.